The number of rotatable bonds is 8. The molecule has 0 aliphatic heterocycles. The Bertz CT molecular complexity index is 576. The molecule has 0 spiro atoms. The molecule has 0 amide bonds. The summed E-state index contributed by atoms with van der Waals surface area (Å²) in [7, 11) is 0. The van der Waals surface area contributed by atoms with Crippen molar-refractivity contribution in [2.75, 3.05) is 25.1 Å². The maximum atomic E-state index is 11.5. The second-order valence-electron chi connectivity index (χ2n) is 4.06. The number of carbonyl (C=O) groups excluding carboxylic acids is 1. The summed E-state index contributed by atoms with van der Waals surface area (Å²) in [5.74, 6) is 0.579. The van der Waals surface area contributed by atoms with Crippen LogP contribution in [0.25, 0.3) is 0 Å². The van der Waals surface area contributed by atoms with Gasteiger partial charge in [0.2, 0.25) is 0 Å². The lowest BCUT2D eigenvalue weighted by atomic mass is 10.2. The van der Waals surface area contributed by atoms with Crippen LogP contribution in [0.4, 0.5) is 5.69 Å². The van der Waals surface area contributed by atoms with E-state index in [1.54, 1.807) is 31.2 Å². The molecule has 1 aromatic carbocycles. The van der Waals surface area contributed by atoms with Crippen molar-refractivity contribution < 1.29 is 19.0 Å². The van der Waals surface area contributed by atoms with E-state index in [0.717, 1.165) is 0 Å². The Labute approximate surface area is 130 Å². The third-order valence-electron chi connectivity index (χ3n) is 2.54. The first kappa shape index (κ1) is 17.4. The number of esters is 1. The molecule has 6 heteroatoms. The Balaban J connectivity index is 2.91. The first-order chi connectivity index (χ1) is 10.7. The average Bonchev–Trinajstić information content (AvgIpc) is 2.51. The molecule has 0 radical (unpaired) electrons. The standard InChI is InChI=1S/C16H20N2O4/c1-4-20-14-8-7-13(9-15(14)21-5-2)18-11-12(10-17)16(19)22-6-3/h7-9,11,18H,4-6H2,1-3H3/b12-11+. The van der Waals surface area contributed by atoms with Gasteiger partial charge < -0.3 is 19.5 Å². The zero-order valence-corrected chi connectivity index (χ0v) is 13.0. The highest BCUT2D eigenvalue weighted by Crippen LogP contribution is 2.30. The molecule has 0 aromatic heterocycles. The molecule has 0 aliphatic carbocycles. The molecule has 22 heavy (non-hydrogen) atoms. The zero-order valence-electron chi connectivity index (χ0n) is 13.0. The number of ether oxygens (including phenoxy) is 3. The molecule has 0 aliphatic rings. The van der Waals surface area contributed by atoms with Crippen molar-refractivity contribution in [1.29, 1.82) is 5.26 Å². The summed E-state index contributed by atoms with van der Waals surface area (Å²) in [4.78, 5) is 11.5. The molecule has 0 unspecified atom stereocenters. The molecule has 1 N–H and O–H groups in total. The molecule has 1 rings (SSSR count). The fourth-order valence-corrected chi connectivity index (χ4v) is 1.64. The van der Waals surface area contributed by atoms with E-state index in [1.807, 2.05) is 13.8 Å². The van der Waals surface area contributed by atoms with E-state index < -0.39 is 5.97 Å². The van der Waals surface area contributed by atoms with Gasteiger partial charge in [-0.05, 0) is 32.9 Å². The van der Waals surface area contributed by atoms with Crippen LogP contribution in [0.15, 0.2) is 30.0 Å². The molecule has 0 atom stereocenters. The third-order valence-corrected chi connectivity index (χ3v) is 2.54. The summed E-state index contributed by atoms with van der Waals surface area (Å²) in [6.45, 7) is 6.71. The number of nitrogens with zero attached hydrogens (tertiary/aromatic N) is 1. The van der Waals surface area contributed by atoms with E-state index in [-0.39, 0.29) is 12.2 Å². The SMILES string of the molecule is CCOC(=O)/C(C#N)=C/Nc1ccc(OCC)c(OCC)c1. The number of carbonyl (C=O) groups is 1. The summed E-state index contributed by atoms with van der Waals surface area (Å²) in [6.07, 6.45) is 1.31. The summed E-state index contributed by atoms with van der Waals surface area (Å²) >= 11 is 0. The number of benzene rings is 1. The smallest absolute Gasteiger partial charge is 0.350 e. The van der Waals surface area contributed by atoms with Gasteiger partial charge in [0.05, 0.1) is 19.8 Å². The normalized spacial score (nSPS) is 10.5. The highest BCUT2D eigenvalue weighted by molar-refractivity contribution is 5.93. The quantitative estimate of drug-likeness (QED) is 0.452. The Hall–Kier alpha value is -2.68. The third kappa shape index (κ3) is 5.02. The molecule has 118 valence electrons. The molecule has 1 aromatic rings. The van der Waals surface area contributed by atoms with Crippen LogP contribution in [-0.2, 0) is 9.53 Å². The monoisotopic (exact) mass is 304 g/mol. The minimum absolute atomic E-state index is 0.103. The van der Waals surface area contributed by atoms with Crippen LogP contribution < -0.4 is 14.8 Å². The maximum Gasteiger partial charge on any atom is 0.350 e. The minimum Gasteiger partial charge on any atom is -0.490 e. The fraction of sp³-hybridized carbons (Fsp3) is 0.375. The van der Waals surface area contributed by atoms with Crippen LogP contribution >= 0.6 is 0 Å². The zero-order chi connectivity index (χ0) is 16.4. The number of anilines is 1. The highest BCUT2D eigenvalue weighted by atomic mass is 16.5. The van der Waals surface area contributed by atoms with Crippen molar-refractivity contribution in [3.63, 3.8) is 0 Å². The van der Waals surface area contributed by atoms with Crippen molar-refractivity contribution in [3.05, 3.63) is 30.0 Å². The van der Waals surface area contributed by atoms with Gasteiger partial charge in [0, 0.05) is 18.0 Å². The largest absolute Gasteiger partial charge is 0.490 e. The van der Waals surface area contributed by atoms with Gasteiger partial charge in [-0.3, -0.25) is 0 Å². The van der Waals surface area contributed by atoms with Crippen molar-refractivity contribution in [2.24, 2.45) is 0 Å². The number of hydrogen-bond donors (Lipinski definition) is 1. The Morgan fingerprint density at radius 3 is 2.45 bits per heavy atom. The first-order valence-corrected chi connectivity index (χ1v) is 7.09. The van der Waals surface area contributed by atoms with Gasteiger partial charge >= 0.3 is 5.97 Å². The van der Waals surface area contributed by atoms with Gasteiger partial charge in [-0.2, -0.15) is 5.26 Å². The summed E-state index contributed by atoms with van der Waals surface area (Å²) in [5.41, 5.74) is 0.567. The Morgan fingerprint density at radius 1 is 1.18 bits per heavy atom. The van der Waals surface area contributed by atoms with Crippen molar-refractivity contribution in [2.45, 2.75) is 20.8 Å². The van der Waals surface area contributed by atoms with Gasteiger partial charge in [-0.1, -0.05) is 0 Å². The molecule has 6 nitrogen and oxygen atoms in total. The van der Waals surface area contributed by atoms with E-state index in [4.69, 9.17) is 19.5 Å². The van der Waals surface area contributed by atoms with E-state index in [9.17, 15) is 4.79 Å². The molecule has 0 saturated carbocycles. The molecular weight excluding hydrogens is 284 g/mol. The van der Waals surface area contributed by atoms with Crippen molar-refractivity contribution >= 4 is 11.7 Å². The van der Waals surface area contributed by atoms with Gasteiger partial charge in [0.1, 0.15) is 6.07 Å². The average molecular weight is 304 g/mol. The van der Waals surface area contributed by atoms with Crippen LogP contribution in [-0.4, -0.2) is 25.8 Å². The van der Waals surface area contributed by atoms with Gasteiger partial charge in [0.15, 0.2) is 17.1 Å². The van der Waals surface area contributed by atoms with Gasteiger partial charge in [-0.25, -0.2) is 4.79 Å². The van der Waals surface area contributed by atoms with E-state index in [0.29, 0.717) is 30.4 Å². The van der Waals surface area contributed by atoms with Gasteiger partial charge in [-0.15, -0.1) is 0 Å². The second-order valence-corrected chi connectivity index (χ2v) is 4.06. The number of nitrogens with one attached hydrogen (secondary N) is 1. The Kier molecular flexibility index (Phi) is 7.34. The van der Waals surface area contributed by atoms with Crippen LogP contribution in [0.5, 0.6) is 11.5 Å². The predicted molar refractivity (Wildman–Crippen MR) is 82.7 cm³/mol. The lowest BCUT2D eigenvalue weighted by molar-refractivity contribution is -0.138. The van der Waals surface area contributed by atoms with E-state index in [2.05, 4.69) is 5.32 Å². The van der Waals surface area contributed by atoms with Crippen LogP contribution in [0, 0.1) is 11.3 Å². The molecular formula is C16H20N2O4. The van der Waals surface area contributed by atoms with E-state index >= 15 is 0 Å². The first-order valence-electron chi connectivity index (χ1n) is 7.09. The van der Waals surface area contributed by atoms with Crippen LogP contribution in [0.1, 0.15) is 20.8 Å². The van der Waals surface area contributed by atoms with E-state index in [1.165, 1.54) is 6.20 Å². The summed E-state index contributed by atoms with van der Waals surface area (Å²) in [5, 5.41) is 11.8. The molecule has 0 bridgehead atoms. The predicted octanol–water partition coefficient (Wildman–Crippen LogP) is 2.87. The molecule has 0 heterocycles. The van der Waals surface area contributed by atoms with Crippen molar-refractivity contribution in [3.8, 4) is 17.6 Å². The summed E-state index contributed by atoms with van der Waals surface area (Å²) < 4.78 is 15.8. The lowest BCUT2D eigenvalue weighted by Gasteiger charge is -2.12. The highest BCUT2D eigenvalue weighted by Gasteiger charge is 2.10. The van der Waals surface area contributed by atoms with Gasteiger partial charge in [0.25, 0.3) is 0 Å². The maximum absolute atomic E-state index is 11.5. The van der Waals surface area contributed by atoms with Crippen LogP contribution in [0.2, 0.25) is 0 Å². The van der Waals surface area contributed by atoms with Crippen molar-refractivity contribution in [1.82, 2.24) is 0 Å². The number of nitriles is 1. The Morgan fingerprint density at radius 2 is 1.86 bits per heavy atom. The fourth-order valence-electron chi connectivity index (χ4n) is 1.64. The lowest BCUT2D eigenvalue weighted by Crippen LogP contribution is -2.08. The molecule has 0 saturated heterocycles. The second kappa shape index (κ2) is 9.29. The minimum atomic E-state index is -0.659. The molecule has 0 fully saturated rings. The summed E-state index contributed by atoms with van der Waals surface area (Å²) in [6, 6.07) is 7.07. The van der Waals surface area contributed by atoms with Crippen LogP contribution in [0.3, 0.4) is 0 Å². The number of hydrogen-bond acceptors (Lipinski definition) is 6. The topological polar surface area (TPSA) is 80.6 Å².